The third kappa shape index (κ3) is 1.60. The third-order valence-electron chi connectivity index (χ3n) is 2.48. The summed E-state index contributed by atoms with van der Waals surface area (Å²) in [6.45, 7) is 4.67. The van der Waals surface area contributed by atoms with E-state index in [2.05, 4.69) is 6.07 Å². The number of rotatable bonds is 1. The van der Waals surface area contributed by atoms with Crippen molar-refractivity contribution in [2.75, 3.05) is 6.61 Å². The van der Waals surface area contributed by atoms with Gasteiger partial charge in [0.25, 0.3) is 0 Å². The predicted molar refractivity (Wildman–Crippen MR) is 57.9 cm³/mol. The average Bonchev–Trinajstić information content (AvgIpc) is 2.50. The van der Waals surface area contributed by atoms with Gasteiger partial charge >= 0.3 is 0 Å². The van der Waals surface area contributed by atoms with Gasteiger partial charge in [0.2, 0.25) is 0 Å². The van der Waals surface area contributed by atoms with Crippen LogP contribution in [-0.2, 0) is 12.0 Å². The highest BCUT2D eigenvalue weighted by molar-refractivity contribution is 6.32. The molecule has 0 atom stereocenters. The molecule has 0 aromatic heterocycles. The van der Waals surface area contributed by atoms with E-state index in [1.165, 1.54) is 5.56 Å². The summed E-state index contributed by atoms with van der Waals surface area (Å²) in [5, 5.41) is 0.675. The largest absolute Gasteiger partial charge is 0.491 e. The maximum absolute atomic E-state index is 6.10. The molecule has 1 aromatic rings. The third-order valence-corrected chi connectivity index (χ3v) is 2.76. The van der Waals surface area contributed by atoms with Crippen LogP contribution < -0.4 is 10.5 Å². The van der Waals surface area contributed by atoms with Gasteiger partial charge in [-0.05, 0) is 31.0 Å². The summed E-state index contributed by atoms with van der Waals surface area (Å²) in [6.07, 6.45) is 0.930. The van der Waals surface area contributed by atoms with E-state index < -0.39 is 0 Å². The van der Waals surface area contributed by atoms with Crippen LogP contribution in [0, 0.1) is 0 Å². The van der Waals surface area contributed by atoms with E-state index in [1.54, 1.807) is 0 Å². The van der Waals surface area contributed by atoms with Crippen LogP contribution in [0.3, 0.4) is 0 Å². The number of hydrogen-bond acceptors (Lipinski definition) is 2. The zero-order chi connectivity index (χ0) is 10.3. The molecular weight excluding hydrogens is 198 g/mol. The smallest absolute Gasteiger partial charge is 0.141 e. The molecule has 1 aliphatic rings. The van der Waals surface area contributed by atoms with Crippen molar-refractivity contribution in [1.82, 2.24) is 0 Å². The molecule has 2 nitrogen and oxygen atoms in total. The van der Waals surface area contributed by atoms with Crippen molar-refractivity contribution in [2.24, 2.45) is 5.73 Å². The van der Waals surface area contributed by atoms with E-state index in [0.29, 0.717) is 5.02 Å². The molecule has 2 N–H and O–H groups in total. The quantitative estimate of drug-likeness (QED) is 0.775. The van der Waals surface area contributed by atoms with Gasteiger partial charge < -0.3 is 10.5 Å². The van der Waals surface area contributed by atoms with E-state index in [4.69, 9.17) is 22.1 Å². The van der Waals surface area contributed by atoms with Gasteiger partial charge in [0.05, 0.1) is 11.6 Å². The van der Waals surface area contributed by atoms with Crippen molar-refractivity contribution in [3.8, 4) is 5.75 Å². The minimum atomic E-state index is -0.346. The lowest BCUT2D eigenvalue weighted by Crippen LogP contribution is -2.28. The maximum Gasteiger partial charge on any atom is 0.141 e. The molecule has 14 heavy (non-hydrogen) atoms. The Morgan fingerprint density at radius 3 is 2.79 bits per heavy atom. The van der Waals surface area contributed by atoms with Gasteiger partial charge in [-0.3, -0.25) is 0 Å². The first-order chi connectivity index (χ1) is 6.48. The summed E-state index contributed by atoms with van der Waals surface area (Å²) in [5.74, 6) is 0.833. The van der Waals surface area contributed by atoms with Crippen LogP contribution in [0.5, 0.6) is 5.75 Å². The molecule has 1 aliphatic heterocycles. The Labute approximate surface area is 89.0 Å². The Bertz CT molecular complexity index is 368. The van der Waals surface area contributed by atoms with Crippen LogP contribution in [0.4, 0.5) is 0 Å². The summed E-state index contributed by atoms with van der Waals surface area (Å²) in [6, 6.07) is 3.99. The molecule has 2 rings (SSSR count). The van der Waals surface area contributed by atoms with Crippen LogP contribution in [-0.4, -0.2) is 6.61 Å². The van der Waals surface area contributed by atoms with E-state index in [9.17, 15) is 0 Å². The molecule has 76 valence electrons. The van der Waals surface area contributed by atoms with Gasteiger partial charge in [-0.1, -0.05) is 17.7 Å². The first-order valence-corrected chi connectivity index (χ1v) is 5.11. The summed E-state index contributed by atoms with van der Waals surface area (Å²) < 4.78 is 5.42. The molecule has 0 unspecified atom stereocenters. The highest BCUT2D eigenvalue weighted by Gasteiger charge is 2.21. The fourth-order valence-corrected chi connectivity index (χ4v) is 1.93. The predicted octanol–water partition coefficient (Wildman–Crippen LogP) is 2.47. The molecule has 0 bridgehead atoms. The Kier molecular flexibility index (Phi) is 2.20. The van der Waals surface area contributed by atoms with Crippen LogP contribution >= 0.6 is 11.6 Å². The Hall–Kier alpha value is -0.730. The van der Waals surface area contributed by atoms with Crippen LogP contribution in [0.25, 0.3) is 0 Å². The monoisotopic (exact) mass is 211 g/mol. The summed E-state index contributed by atoms with van der Waals surface area (Å²) in [7, 11) is 0. The number of ether oxygens (including phenoxy) is 1. The molecular formula is C11H14ClNO. The van der Waals surface area contributed by atoms with Crippen LogP contribution in [0.15, 0.2) is 12.1 Å². The topological polar surface area (TPSA) is 35.2 Å². The highest BCUT2D eigenvalue weighted by atomic mass is 35.5. The number of fused-ring (bicyclic) bond motifs is 1. The van der Waals surface area contributed by atoms with Crippen molar-refractivity contribution >= 4 is 11.6 Å². The molecule has 0 amide bonds. The van der Waals surface area contributed by atoms with Crippen molar-refractivity contribution in [3.63, 3.8) is 0 Å². The summed E-state index contributed by atoms with van der Waals surface area (Å²) >= 11 is 6.10. The molecule has 0 saturated heterocycles. The number of hydrogen-bond donors (Lipinski definition) is 1. The zero-order valence-corrected chi connectivity index (χ0v) is 9.19. The van der Waals surface area contributed by atoms with Crippen molar-refractivity contribution in [2.45, 2.75) is 25.8 Å². The second-order valence-corrected chi connectivity index (χ2v) is 4.67. The van der Waals surface area contributed by atoms with Gasteiger partial charge in [-0.15, -0.1) is 0 Å². The molecule has 0 aliphatic carbocycles. The minimum Gasteiger partial charge on any atom is -0.491 e. The van der Waals surface area contributed by atoms with Crippen molar-refractivity contribution in [1.29, 1.82) is 0 Å². The fraction of sp³-hybridized carbons (Fsp3) is 0.455. The second-order valence-electron chi connectivity index (χ2n) is 4.27. The Morgan fingerprint density at radius 1 is 1.43 bits per heavy atom. The van der Waals surface area contributed by atoms with Gasteiger partial charge in [-0.25, -0.2) is 0 Å². The van der Waals surface area contributed by atoms with Crippen molar-refractivity contribution in [3.05, 3.63) is 28.3 Å². The SMILES string of the molecule is CC(C)(N)c1cc(Cl)c2c(c1)CCO2. The van der Waals surface area contributed by atoms with Gasteiger partial charge in [0.15, 0.2) is 0 Å². The van der Waals surface area contributed by atoms with E-state index >= 15 is 0 Å². The standard InChI is InChI=1S/C11H14ClNO/c1-11(2,13)8-5-7-3-4-14-10(7)9(12)6-8/h5-6H,3-4,13H2,1-2H3. The van der Waals surface area contributed by atoms with E-state index in [0.717, 1.165) is 24.3 Å². The van der Waals surface area contributed by atoms with E-state index in [1.807, 2.05) is 19.9 Å². The molecule has 1 aromatic carbocycles. The fourth-order valence-electron chi connectivity index (χ4n) is 1.63. The lowest BCUT2D eigenvalue weighted by Gasteiger charge is -2.20. The summed E-state index contributed by atoms with van der Waals surface area (Å²) in [4.78, 5) is 0. The molecule has 3 heteroatoms. The minimum absolute atomic E-state index is 0.346. The first kappa shape index (κ1) is 9.81. The average molecular weight is 212 g/mol. The van der Waals surface area contributed by atoms with Crippen molar-refractivity contribution < 1.29 is 4.74 Å². The molecule has 0 fully saturated rings. The van der Waals surface area contributed by atoms with Gasteiger partial charge in [-0.2, -0.15) is 0 Å². The molecule has 0 saturated carbocycles. The molecule has 1 heterocycles. The van der Waals surface area contributed by atoms with Gasteiger partial charge in [0.1, 0.15) is 5.75 Å². The Balaban J connectivity index is 2.52. The zero-order valence-electron chi connectivity index (χ0n) is 8.43. The highest BCUT2D eigenvalue weighted by Crippen LogP contribution is 2.36. The number of benzene rings is 1. The lowest BCUT2D eigenvalue weighted by atomic mass is 9.93. The molecule has 0 radical (unpaired) electrons. The number of nitrogens with two attached hydrogens (primary N) is 1. The van der Waals surface area contributed by atoms with Gasteiger partial charge in [0, 0.05) is 12.0 Å². The Morgan fingerprint density at radius 2 is 2.14 bits per heavy atom. The van der Waals surface area contributed by atoms with Crippen LogP contribution in [0.1, 0.15) is 25.0 Å². The number of halogens is 1. The van der Waals surface area contributed by atoms with Crippen LogP contribution in [0.2, 0.25) is 5.02 Å². The molecule has 0 spiro atoms. The van der Waals surface area contributed by atoms with E-state index in [-0.39, 0.29) is 5.54 Å². The first-order valence-electron chi connectivity index (χ1n) is 4.73. The normalized spacial score (nSPS) is 15.1. The summed E-state index contributed by atoms with van der Waals surface area (Å²) in [5.41, 5.74) is 7.91. The second kappa shape index (κ2) is 3.14. The maximum atomic E-state index is 6.10. The lowest BCUT2D eigenvalue weighted by molar-refractivity contribution is 0.357.